The van der Waals surface area contributed by atoms with E-state index in [-0.39, 0.29) is 11.9 Å². The summed E-state index contributed by atoms with van der Waals surface area (Å²) in [5.74, 6) is 2.08. The first-order valence-corrected chi connectivity index (χ1v) is 11.1. The summed E-state index contributed by atoms with van der Waals surface area (Å²) < 4.78 is 1.11. The smallest absolute Gasteiger partial charge is 0.273 e. The molecule has 8 heteroatoms. The molecule has 1 atom stereocenters. The number of hydrogen-bond donors (Lipinski definition) is 3. The van der Waals surface area contributed by atoms with Gasteiger partial charge in [-0.05, 0) is 50.1 Å². The van der Waals surface area contributed by atoms with E-state index in [0.717, 1.165) is 40.1 Å². The van der Waals surface area contributed by atoms with Gasteiger partial charge in [0.25, 0.3) is 5.91 Å². The van der Waals surface area contributed by atoms with Crippen LogP contribution in [0, 0.1) is 13.8 Å². The van der Waals surface area contributed by atoms with Crippen LogP contribution >= 0.6 is 11.3 Å². The zero-order valence-electron chi connectivity index (χ0n) is 17.0. The van der Waals surface area contributed by atoms with Gasteiger partial charge in [0.2, 0.25) is 0 Å². The molecule has 5 rings (SSSR count). The largest absolute Gasteiger partial charge is 0.332 e. The summed E-state index contributed by atoms with van der Waals surface area (Å²) in [6.07, 6.45) is 2.44. The van der Waals surface area contributed by atoms with Crippen LogP contribution in [0.4, 0.5) is 11.6 Å². The number of aromatic nitrogens is 3. The van der Waals surface area contributed by atoms with E-state index < -0.39 is 0 Å². The first kappa shape index (κ1) is 18.6. The highest BCUT2D eigenvalue weighted by Crippen LogP contribution is 2.40. The molecule has 0 unspecified atom stereocenters. The molecule has 3 aromatic heterocycles. The molecule has 1 saturated heterocycles. The lowest BCUT2D eigenvalue weighted by molar-refractivity contribution is 0.0649. The van der Waals surface area contributed by atoms with Gasteiger partial charge in [-0.1, -0.05) is 0 Å². The van der Waals surface area contributed by atoms with Gasteiger partial charge >= 0.3 is 0 Å². The SMILES string of the molecule is Cc1c(C(=O)N2CCNC[C@H]2C)nc(Nc2cc(C3CC3)[nH]n2)c2c(C)csc12. The molecule has 1 saturated carbocycles. The Kier molecular flexibility index (Phi) is 4.55. The fraction of sp³-hybridized carbons (Fsp3) is 0.476. The highest BCUT2D eigenvalue weighted by molar-refractivity contribution is 7.17. The second kappa shape index (κ2) is 7.11. The van der Waals surface area contributed by atoms with Crippen molar-refractivity contribution in [1.82, 2.24) is 25.4 Å². The quantitative estimate of drug-likeness (QED) is 0.611. The number of anilines is 2. The van der Waals surface area contributed by atoms with Crippen LogP contribution in [-0.2, 0) is 0 Å². The number of hydrogen-bond acceptors (Lipinski definition) is 6. The first-order valence-electron chi connectivity index (χ1n) is 10.3. The number of piperazine rings is 1. The molecule has 2 fully saturated rings. The Balaban J connectivity index is 1.55. The lowest BCUT2D eigenvalue weighted by Gasteiger charge is -2.34. The molecular formula is C21H26N6OS. The van der Waals surface area contributed by atoms with Crippen LogP contribution in [-0.4, -0.2) is 51.7 Å². The zero-order valence-corrected chi connectivity index (χ0v) is 17.8. The number of thiophene rings is 1. The normalized spacial score (nSPS) is 19.7. The molecule has 0 bridgehead atoms. The van der Waals surface area contributed by atoms with Gasteiger partial charge in [-0.2, -0.15) is 5.10 Å². The Bertz CT molecular complexity index is 1080. The molecule has 3 N–H and O–H groups in total. The minimum Gasteiger partial charge on any atom is -0.332 e. The van der Waals surface area contributed by atoms with Gasteiger partial charge in [0.05, 0.1) is 0 Å². The van der Waals surface area contributed by atoms with Crippen LogP contribution in [0.2, 0.25) is 0 Å². The van der Waals surface area contributed by atoms with Crippen LogP contribution in [0.3, 0.4) is 0 Å². The fourth-order valence-electron chi connectivity index (χ4n) is 4.08. The van der Waals surface area contributed by atoms with Crippen molar-refractivity contribution in [2.45, 2.75) is 45.6 Å². The molecule has 7 nitrogen and oxygen atoms in total. The van der Waals surface area contributed by atoms with E-state index in [1.165, 1.54) is 18.5 Å². The van der Waals surface area contributed by atoms with Crippen molar-refractivity contribution >= 4 is 39.0 Å². The number of H-pyrrole nitrogens is 1. The average molecular weight is 411 g/mol. The summed E-state index contributed by atoms with van der Waals surface area (Å²) in [7, 11) is 0. The third-order valence-electron chi connectivity index (χ3n) is 5.96. The monoisotopic (exact) mass is 410 g/mol. The van der Waals surface area contributed by atoms with Crippen LogP contribution in [0.25, 0.3) is 10.1 Å². The number of aromatic amines is 1. The second-order valence-corrected chi connectivity index (χ2v) is 9.10. The van der Waals surface area contributed by atoms with Gasteiger partial charge in [0.15, 0.2) is 5.82 Å². The molecule has 4 heterocycles. The van der Waals surface area contributed by atoms with Crippen molar-refractivity contribution in [3.63, 3.8) is 0 Å². The van der Waals surface area contributed by atoms with Gasteiger partial charge in [-0.3, -0.25) is 9.89 Å². The zero-order chi connectivity index (χ0) is 20.1. The van der Waals surface area contributed by atoms with E-state index in [4.69, 9.17) is 4.98 Å². The summed E-state index contributed by atoms with van der Waals surface area (Å²) in [4.78, 5) is 20.1. The number of fused-ring (bicyclic) bond motifs is 1. The van der Waals surface area contributed by atoms with Crippen molar-refractivity contribution in [2.24, 2.45) is 0 Å². The van der Waals surface area contributed by atoms with E-state index in [1.54, 1.807) is 11.3 Å². The molecule has 1 amide bonds. The Labute approximate surface area is 173 Å². The number of rotatable bonds is 4. The van der Waals surface area contributed by atoms with E-state index in [1.807, 2.05) is 11.8 Å². The molecule has 0 aromatic carbocycles. The minimum atomic E-state index is 0.00759. The summed E-state index contributed by atoms with van der Waals surface area (Å²) in [5, 5.41) is 17.5. The molecular weight excluding hydrogens is 384 g/mol. The maximum Gasteiger partial charge on any atom is 0.273 e. The Morgan fingerprint density at radius 2 is 2.17 bits per heavy atom. The topological polar surface area (TPSA) is 85.9 Å². The molecule has 3 aromatic rings. The van der Waals surface area contributed by atoms with Crippen LogP contribution in [0.1, 0.15) is 53.0 Å². The third kappa shape index (κ3) is 3.30. The fourth-order valence-corrected chi connectivity index (χ4v) is 5.14. The van der Waals surface area contributed by atoms with Crippen molar-refractivity contribution in [1.29, 1.82) is 0 Å². The number of aryl methyl sites for hydroxylation is 2. The highest BCUT2D eigenvalue weighted by Gasteiger charge is 2.29. The van der Waals surface area contributed by atoms with Gasteiger partial charge in [0, 0.05) is 53.4 Å². The Morgan fingerprint density at radius 3 is 2.93 bits per heavy atom. The number of carbonyl (C=O) groups excluding carboxylic acids is 1. The lowest BCUT2D eigenvalue weighted by atomic mass is 10.1. The molecule has 0 spiro atoms. The van der Waals surface area contributed by atoms with Gasteiger partial charge in [0.1, 0.15) is 11.5 Å². The molecule has 152 valence electrons. The van der Waals surface area contributed by atoms with E-state index in [2.05, 4.69) is 46.1 Å². The van der Waals surface area contributed by atoms with Crippen molar-refractivity contribution in [3.8, 4) is 0 Å². The summed E-state index contributed by atoms with van der Waals surface area (Å²) in [6.45, 7) is 8.51. The van der Waals surface area contributed by atoms with Crippen LogP contribution in [0.15, 0.2) is 11.4 Å². The predicted octanol–water partition coefficient (Wildman–Crippen LogP) is 3.69. The van der Waals surface area contributed by atoms with Crippen molar-refractivity contribution < 1.29 is 4.79 Å². The standard InChI is InChI=1S/C21H26N6OS/c1-11-10-29-19-13(3)18(21(28)27-7-6-22-9-12(27)2)24-20(17(11)19)23-16-8-15(25-26-16)14-4-5-14/h8,10,12,14,22H,4-7,9H2,1-3H3,(H2,23,24,25,26)/t12-/m1/s1. The van der Waals surface area contributed by atoms with E-state index in [0.29, 0.717) is 24.0 Å². The molecule has 1 aliphatic carbocycles. The van der Waals surface area contributed by atoms with Crippen molar-refractivity contribution in [2.75, 3.05) is 25.0 Å². The van der Waals surface area contributed by atoms with Gasteiger partial charge < -0.3 is 15.5 Å². The highest BCUT2D eigenvalue weighted by atomic mass is 32.1. The molecule has 2 aliphatic rings. The summed E-state index contributed by atoms with van der Waals surface area (Å²) in [6, 6.07) is 2.22. The second-order valence-electron chi connectivity index (χ2n) is 8.22. The first-order chi connectivity index (χ1) is 14.0. The molecule has 29 heavy (non-hydrogen) atoms. The number of carbonyl (C=O) groups is 1. The predicted molar refractivity (Wildman–Crippen MR) is 116 cm³/mol. The number of amides is 1. The summed E-state index contributed by atoms with van der Waals surface area (Å²) in [5.41, 5.74) is 3.83. The third-order valence-corrected chi connectivity index (χ3v) is 7.17. The van der Waals surface area contributed by atoms with E-state index >= 15 is 0 Å². The molecule has 1 aliphatic heterocycles. The number of pyridine rings is 1. The number of nitrogens with one attached hydrogen (secondary N) is 3. The minimum absolute atomic E-state index is 0.00759. The van der Waals surface area contributed by atoms with Crippen molar-refractivity contribution in [3.05, 3.63) is 34.0 Å². The summed E-state index contributed by atoms with van der Waals surface area (Å²) >= 11 is 1.67. The van der Waals surface area contributed by atoms with Crippen LogP contribution < -0.4 is 10.6 Å². The van der Waals surface area contributed by atoms with Crippen LogP contribution in [0.5, 0.6) is 0 Å². The maximum absolute atomic E-state index is 13.4. The molecule has 0 radical (unpaired) electrons. The average Bonchev–Trinajstić information content (AvgIpc) is 3.33. The lowest BCUT2D eigenvalue weighted by Crippen LogP contribution is -2.52. The van der Waals surface area contributed by atoms with Gasteiger partial charge in [-0.15, -0.1) is 11.3 Å². The Morgan fingerprint density at radius 1 is 1.34 bits per heavy atom. The van der Waals surface area contributed by atoms with E-state index in [9.17, 15) is 4.79 Å². The maximum atomic E-state index is 13.4. The Hall–Kier alpha value is -2.45. The van der Waals surface area contributed by atoms with Gasteiger partial charge in [-0.25, -0.2) is 4.98 Å². The number of nitrogens with zero attached hydrogens (tertiary/aromatic N) is 3.